The van der Waals surface area contributed by atoms with Gasteiger partial charge in [0.25, 0.3) is 0 Å². The average Bonchev–Trinajstić information content (AvgIpc) is 2.78. The molecule has 9 heteroatoms. The van der Waals surface area contributed by atoms with Gasteiger partial charge >= 0.3 is 5.97 Å². The molecule has 1 aliphatic carbocycles. The Balaban J connectivity index is 1.57. The molecule has 1 aromatic heterocycles. The van der Waals surface area contributed by atoms with Gasteiger partial charge in [0.15, 0.2) is 6.61 Å². The van der Waals surface area contributed by atoms with Gasteiger partial charge in [-0.3, -0.25) is 0 Å². The maximum absolute atomic E-state index is 13.9. The standard InChI is InChI=1S/C23H21FN2O5S/c24-23-17(6-3-13-25-23)15-9-11-16(12-10-15)32(29,30)26-20-7-1-5-19-18(20)4-2-8-21(19)31-14-22(27)28/h2-4,6,8-13,20,26H,1,5,7,14H2,(H,27,28). The molecule has 0 saturated carbocycles. The van der Waals surface area contributed by atoms with E-state index >= 15 is 0 Å². The molecule has 2 aromatic carbocycles. The minimum Gasteiger partial charge on any atom is -0.482 e. The van der Waals surface area contributed by atoms with Crippen molar-refractivity contribution in [1.29, 1.82) is 0 Å². The molecular weight excluding hydrogens is 435 g/mol. The van der Waals surface area contributed by atoms with Crippen molar-refractivity contribution in [3.05, 3.63) is 77.9 Å². The molecule has 0 spiro atoms. The molecule has 1 aliphatic rings. The number of ether oxygens (including phenoxy) is 1. The summed E-state index contributed by atoms with van der Waals surface area (Å²) in [6, 6.07) is 13.9. The minimum absolute atomic E-state index is 0.0657. The Hall–Kier alpha value is -3.30. The smallest absolute Gasteiger partial charge is 0.341 e. The van der Waals surface area contributed by atoms with Crippen LogP contribution in [0.25, 0.3) is 11.1 Å². The van der Waals surface area contributed by atoms with Crippen LogP contribution in [-0.4, -0.2) is 31.1 Å². The van der Waals surface area contributed by atoms with E-state index in [1.165, 1.54) is 18.3 Å². The third-order valence-corrected chi connectivity index (χ3v) is 6.84. The highest BCUT2D eigenvalue weighted by molar-refractivity contribution is 7.89. The zero-order chi connectivity index (χ0) is 22.7. The van der Waals surface area contributed by atoms with Crippen molar-refractivity contribution < 1.29 is 27.4 Å². The molecule has 1 unspecified atom stereocenters. The van der Waals surface area contributed by atoms with E-state index in [9.17, 15) is 17.6 Å². The number of carboxylic acid groups (broad SMARTS) is 1. The molecule has 1 heterocycles. The molecule has 0 fully saturated rings. The topological polar surface area (TPSA) is 106 Å². The van der Waals surface area contributed by atoms with Gasteiger partial charge < -0.3 is 9.84 Å². The van der Waals surface area contributed by atoms with Gasteiger partial charge in [-0.05, 0) is 66.3 Å². The summed E-state index contributed by atoms with van der Waals surface area (Å²) in [5.41, 5.74) is 2.41. The van der Waals surface area contributed by atoms with E-state index in [0.717, 1.165) is 17.5 Å². The lowest BCUT2D eigenvalue weighted by Crippen LogP contribution is -2.31. The largest absolute Gasteiger partial charge is 0.482 e. The minimum atomic E-state index is -3.84. The van der Waals surface area contributed by atoms with E-state index in [-0.39, 0.29) is 4.90 Å². The van der Waals surface area contributed by atoms with Gasteiger partial charge in [-0.25, -0.2) is 22.9 Å². The van der Waals surface area contributed by atoms with Crippen molar-refractivity contribution in [3.8, 4) is 16.9 Å². The Morgan fingerprint density at radius 3 is 2.66 bits per heavy atom. The number of sulfonamides is 1. The zero-order valence-electron chi connectivity index (χ0n) is 17.0. The molecule has 0 amide bonds. The number of nitrogens with zero attached hydrogens (tertiary/aromatic N) is 1. The fraction of sp³-hybridized carbons (Fsp3) is 0.217. The van der Waals surface area contributed by atoms with E-state index in [0.29, 0.717) is 29.7 Å². The van der Waals surface area contributed by atoms with Gasteiger partial charge in [0.2, 0.25) is 16.0 Å². The van der Waals surface area contributed by atoms with Crippen LogP contribution in [0.1, 0.15) is 30.0 Å². The number of halogens is 1. The predicted molar refractivity (Wildman–Crippen MR) is 115 cm³/mol. The van der Waals surface area contributed by atoms with Crippen LogP contribution in [0.15, 0.2) is 65.7 Å². The van der Waals surface area contributed by atoms with Gasteiger partial charge in [0.1, 0.15) is 5.75 Å². The molecule has 3 aromatic rings. The normalized spacial score (nSPS) is 15.7. The van der Waals surface area contributed by atoms with Crippen molar-refractivity contribution in [2.24, 2.45) is 0 Å². The maximum atomic E-state index is 13.9. The van der Waals surface area contributed by atoms with Crippen LogP contribution in [0.4, 0.5) is 4.39 Å². The van der Waals surface area contributed by atoms with E-state index in [1.807, 2.05) is 6.07 Å². The number of aliphatic carboxylic acids is 1. The van der Waals surface area contributed by atoms with Crippen LogP contribution in [0.2, 0.25) is 0 Å². The monoisotopic (exact) mass is 456 g/mol. The van der Waals surface area contributed by atoms with Gasteiger partial charge in [-0.2, -0.15) is 4.39 Å². The molecule has 7 nitrogen and oxygen atoms in total. The van der Waals surface area contributed by atoms with Gasteiger partial charge in [-0.1, -0.05) is 24.3 Å². The van der Waals surface area contributed by atoms with Crippen molar-refractivity contribution >= 4 is 16.0 Å². The van der Waals surface area contributed by atoms with Crippen molar-refractivity contribution in [3.63, 3.8) is 0 Å². The number of aromatic nitrogens is 1. The van der Waals surface area contributed by atoms with Crippen molar-refractivity contribution in [2.45, 2.75) is 30.2 Å². The van der Waals surface area contributed by atoms with E-state index < -0.39 is 34.6 Å². The summed E-state index contributed by atoms with van der Waals surface area (Å²) in [5.74, 6) is -1.25. The van der Waals surface area contributed by atoms with E-state index in [4.69, 9.17) is 9.84 Å². The van der Waals surface area contributed by atoms with Crippen LogP contribution in [-0.2, 0) is 21.2 Å². The summed E-state index contributed by atoms with van der Waals surface area (Å²) in [6.45, 7) is -0.462. The van der Waals surface area contributed by atoms with Crippen LogP contribution < -0.4 is 9.46 Å². The average molecular weight is 456 g/mol. The van der Waals surface area contributed by atoms with Crippen molar-refractivity contribution in [2.75, 3.05) is 6.61 Å². The number of pyridine rings is 1. The molecule has 2 N–H and O–H groups in total. The second-order valence-corrected chi connectivity index (χ2v) is 9.15. The zero-order valence-corrected chi connectivity index (χ0v) is 17.8. The summed E-state index contributed by atoms with van der Waals surface area (Å²) in [6.07, 6.45) is 3.36. The van der Waals surface area contributed by atoms with Gasteiger partial charge in [0, 0.05) is 17.8 Å². The Kier molecular flexibility index (Phi) is 6.20. The number of hydrogen-bond acceptors (Lipinski definition) is 5. The third kappa shape index (κ3) is 4.63. The first kappa shape index (κ1) is 21.9. The SMILES string of the molecule is O=C(O)COc1cccc2c1CCCC2NS(=O)(=O)c1ccc(-c2cccnc2F)cc1. The highest BCUT2D eigenvalue weighted by Gasteiger charge is 2.27. The molecule has 0 radical (unpaired) electrons. The third-order valence-electron chi connectivity index (χ3n) is 5.35. The lowest BCUT2D eigenvalue weighted by atomic mass is 9.87. The molecule has 166 valence electrons. The van der Waals surface area contributed by atoms with E-state index in [2.05, 4.69) is 9.71 Å². The second kappa shape index (κ2) is 9.05. The summed E-state index contributed by atoms with van der Waals surface area (Å²) < 4.78 is 48.1. The molecular formula is C23H21FN2O5S. The van der Waals surface area contributed by atoms with Crippen LogP contribution in [0, 0.1) is 5.95 Å². The Bertz CT molecular complexity index is 1250. The number of hydrogen-bond donors (Lipinski definition) is 2. The fourth-order valence-electron chi connectivity index (χ4n) is 3.88. The van der Waals surface area contributed by atoms with Crippen LogP contribution >= 0.6 is 0 Å². The first-order valence-electron chi connectivity index (χ1n) is 10.0. The number of carbonyl (C=O) groups is 1. The first-order chi connectivity index (χ1) is 15.3. The molecule has 4 rings (SSSR count). The quantitative estimate of drug-likeness (QED) is 0.525. The molecule has 0 aliphatic heterocycles. The maximum Gasteiger partial charge on any atom is 0.341 e. The number of nitrogens with one attached hydrogen (secondary N) is 1. The molecule has 0 saturated heterocycles. The second-order valence-electron chi connectivity index (χ2n) is 7.44. The highest BCUT2D eigenvalue weighted by Crippen LogP contribution is 2.36. The number of fused-ring (bicyclic) bond motifs is 1. The highest BCUT2D eigenvalue weighted by atomic mass is 32.2. The molecule has 1 atom stereocenters. The lowest BCUT2D eigenvalue weighted by Gasteiger charge is -2.27. The first-order valence-corrected chi connectivity index (χ1v) is 11.5. The summed E-state index contributed by atoms with van der Waals surface area (Å²) >= 11 is 0. The Morgan fingerprint density at radius 1 is 1.16 bits per heavy atom. The Morgan fingerprint density at radius 2 is 1.94 bits per heavy atom. The number of benzene rings is 2. The summed E-state index contributed by atoms with van der Waals surface area (Å²) in [5, 5.41) is 8.88. The molecule has 0 bridgehead atoms. The van der Waals surface area contributed by atoms with Gasteiger partial charge in [0.05, 0.1) is 4.90 Å². The van der Waals surface area contributed by atoms with Crippen LogP contribution in [0.3, 0.4) is 0 Å². The van der Waals surface area contributed by atoms with Crippen molar-refractivity contribution in [1.82, 2.24) is 9.71 Å². The Labute approximate surface area is 184 Å². The van der Waals surface area contributed by atoms with Crippen LogP contribution in [0.5, 0.6) is 5.75 Å². The summed E-state index contributed by atoms with van der Waals surface area (Å²) in [4.78, 5) is 14.5. The molecule has 32 heavy (non-hydrogen) atoms. The fourth-order valence-corrected chi connectivity index (χ4v) is 5.13. The van der Waals surface area contributed by atoms with Gasteiger partial charge in [-0.15, -0.1) is 0 Å². The summed E-state index contributed by atoms with van der Waals surface area (Å²) in [7, 11) is -3.84. The predicted octanol–water partition coefficient (Wildman–Crippen LogP) is 3.71. The lowest BCUT2D eigenvalue weighted by molar-refractivity contribution is -0.139. The van der Waals surface area contributed by atoms with E-state index in [1.54, 1.807) is 36.4 Å². The number of rotatable bonds is 7. The number of carboxylic acids is 1.